The molecule has 3 unspecified atom stereocenters. The molecule has 2 aromatic rings. The first-order valence-corrected chi connectivity index (χ1v) is 18.2. The van der Waals surface area contributed by atoms with Gasteiger partial charge in [-0.2, -0.15) is 0 Å². The number of ether oxygens (including phenoxy) is 3. The largest absolute Gasteiger partial charge is 0.494 e. The molecule has 4 aliphatic rings. The number of carbonyl (C=O) groups excluding carboxylic acids is 3. The zero-order valence-electron chi connectivity index (χ0n) is 30.1. The summed E-state index contributed by atoms with van der Waals surface area (Å²) in [5, 5.41) is 11.0. The van der Waals surface area contributed by atoms with Gasteiger partial charge in [0.1, 0.15) is 17.4 Å². The van der Waals surface area contributed by atoms with Gasteiger partial charge >= 0.3 is 0 Å². The molecule has 0 aromatic heterocycles. The van der Waals surface area contributed by atoms with Crippen molar-refractivity contribution in [2.75, 3.05) is 70.6 Å². The Hall–Kier alpha value is -4.03. The minimum Gasteiger partial charge on any atom is -0.494 e. The van der Waals surface area contributed by atoms with Crippen LogP contribution in [0.4, 0.5) is 5.69 Å². The molecule has 0 radical (unpaired) electrons. The van der Waals surface area contributed by atoms with E-state index in [1.165, 1.54) is 0 Å². The van der Waals surface area contributed by atoms with Crippen LogP contribution in [-0.4, -0.2) is 120 Å². The van der Waals surface area contributed by atoms with Gasteiger partial charge in [0.15, 0.2) is 0 Å². The molecule has 1 N–H and O–H groups in total. The highest BCUT2D eigenvalue weighted by Gasteiger charge is 2.80. The number of aliphatic hydroxyl groups is 1. The van der Waals surface area contributed by atoms with Crippen molar-refractivity contribution in [2.24, 2.45) is 17.8 Å². The van der Waals surface area contributed by atoms with Gasteiger partial charge in [-0.1, -0.05) is 49.4 Å². The van der Waals surface area contributed by atoms with Gasteiger partial charge in [-0.15, -0.1) is 13.2 Å². The molecule has 274 valence electrons. The molecular formula is C40H52N4O7. The number of likely N-dealkylation sites (tertiary alicyclic amines) is 1. The zero-order valence-corrected chi connectivity index (χ0v) is 30.1. The molecule has 51 heavy (non-hydrogen) atoms. The molecule has 4 heterocycles. The first kappa shape index (κ1) is 36.8. The third-order valence-corrected chi connectivity index (χ3v) is 11.4. The summed E-state index contributed by atoms with van der Waals surface area (Å²) in [5.74, 6) is -2.20. The average molecular weight is 701 g/mol. The van der Waals surface area contributed by atoms with Crippen molar-refractivity contribution in [1.29, 1.82) is 0 Å². The van der Waals surface area contributed by atoms with Crippen LogP contribution in [0.3, 0.4) is 0 Å². The Kier molecular flexibility index (Phi) is 11.0. The van der Waals surface area contributed by atoms with Gasteiger partial charge in [0, 0.05) is 45.0 Å². The highest BCUT2D eigenvalue weighted by molar-refractivity contribution is 6.03. The number of carbonyl (C=O) groups is 3. The van der Waals surface area contributed by atoms with E-state index in [1.807, 2.05) is 75.4 Å². The fourth-order valence-corrected chi connectivity index (χ4v) is 8.91. The summed E-state index contributed by atoms with van der Waals surface area (Å²) in [6.07, 6.45) is 3.78. The molecule has 6 rings (SSSR count). The summed E-state index contributed by atoms with van der Waals surface area (Å²) in [7, 11) is 0. The molecule has 11 heteroatoms. The third-order valence-electron chi connectivity index (χ3n) is 11.4. The Morgan fingerprint density at radius 1 is 1.06 bits per heavy atom. The van der Waals surface area contributed by atoms with Crippen LogP contribution in [0.25, 0.3) is 0 Å². The summed E-state index contributed by atoms with van der Waals surface area (Å²) in [6.45, 7) is 18.2. The van der Waals surface area contributed by atoms with Crippen molar-refractivity contribution in [1.82, 2.24) is 14.7 Å². The van der Waals surface area contributed by atoms with Crippen LogP contribution < -0.4 is 9.64 Å². The number of amides is 3. The van der Waals surface area contributed by atoms with Gasteiger partial charge < -0.3 is 34.0 Å². The van der Waals surface area contributed by atoms with Crippen molar-refractivity contribution < 1.29 is 33.7 Å². The second-order valence-electron chi connectivity index (χ2n) is 14.2. The van der Waals surface area contributed by atoms with E-state index in [4.69, 9.17) is 14.2 Å². The SMILES string of the molecule is C=CCN(CCN1CCOCC1)C(=O)C1N([C@H](CO)c2ccccc2)C(=O)[C@@H]2[C@H](C(=O)N(CC=C)c3ccc(OCC)cc3)[C@@]3(C)OC12CC3C. The van der Waals surface area contributed by atoms with E-state index in [1.54, 1.807) is 26.9 Å². The second kappa shape index (κ2) is 15.3. The van der Waals surface area contributed by atoms with Crippen molar-refractivity contribution in [3.8, 4) is 5.75 Å². The Balaban J connectivity index is 1.43. The average Bonchev–Trinajstić information content (AvgIpc) is 3.66. The quantitative estimate of drug-likeness (QED) is 0.280. The Bertz CT molecular complexity index is 1580. The van der Waals surface area contributed by atoms with Crippen molar-refractivity contribution in [3.05, 3.63) is 85.5 Å². The molecular weight excluding hydrogens is 648 g/mol. The van der Waals surface area contributed by atoms with E-state index in [-0.39, 0.29) is 36.7 Å². The number of nitrogens with zero attached hydrogens (tertiary/aromatic N) is 4. The Labute approximate surface area is 301 Å². The van der Waals surface area contributed by atoms with E-state index in [2.05, 4.69) is 18.1 Å². The summed E-state index contributed by atoms with van der Waals surface area (Å²) in [4.78, 5) is 52.5. The van der Waals surface area contributed by atoms with Gasteiger partial charge in [-0.3, -0.25) is 19.3 Å². The number of anilines is 1. The fraction of sp³-hybridized carbons (Fsp3) is 0.525. The van der Waals surface area contributed by atoms with Crippen LogP contribution >= 0.6 is 0 Å². The highest BCUT2D eigenvalue weighted by atomic mass is 16.5. The summed E-state index contributed by atoms with van der Waals surface area (Å²) >= 11 is 0. The van der Waals surface area contributed by atoms with Crippen LogP contribution in [0.1, 0.15) is 38.8 Å². The van der Waals surface area contributed by atoms with E-state index >= 15 is 14.4 Å². The van der Waals surface area contributed by atoms with Gasteiger partial charge in [-0.25, -0.2) is 0 Å². The van der Waals surface area contributed by atoms with E-state index in [9.17, 15) is 5.11 Å². The predicted molar refractivity (Wildman–Crippen MR) is 194 cm³/mol. The lowest BCUT2D eigenvalue weighted by Gasteiger charge is -2.40. The van der Waals surface area contributed by atoms with Crippen molar-refractivity contribution in [3.63, 3.8) is 0 Å². The van der Waals surface area contributed by atoms with E-state index < -0.39 is 41.7 Å². The fourth-order valence-electron chi connectivity index (χ4n) is 8.91. The lowest BCUT2D eigenvalue weighted by Crippen LogP contribution is -2.58. The van der Waals surface area contributed by atoms with E-state index in [0.717, 1.165) is 13.1 Å². The van der Waals surface area contributed by atoms with Crippen LogP contribution in [0.2, 0.25) is 0 Å². The predicted octanol–water partition coefficient (Wildman–Crippen LogP) is 3.70. The number of hydrogen-bond donors (Lipinski definition) is 1. The smallest absolute Gasteiger partial charge is 0.248 e. The number of rotatable bonds is 15. The molecule has 2 bridgehead atoms. The molecule has 4 saturated heterocycles. The first-order valence-electron chi connectivity index (χ1n) is 18.2. The maximum absolute atomic E-state index is 15.2. The molecule has 2 aromatic carbocycles. The summed E-state index contributed by atoms with van der Waals surface area (Å²) in [6, 6.07) is 14.7. The molecule has 4 aliphatic heterocycles. The van der Waals surface area contributed by atoms with E-state index in [0.29, 0.717) is 56.3 Å². The monoisotopic (exact) mass is 700 g/mol. The number of benzene rings is 2. The maximum atomic E-state index is 15.2. The Morgan fingerprint density at radius 3 is 2.37 bits per heavy atom. The van der Waals surface area contributed by atoms with Gasteiger partial charge in [0.05, 0.1) is 49.9 Å². The second-order valence-corrected chi connectivity index (χ2v) is 14.2. The maximum Gasteiger partial charge on any atom is 0.248 e. The molecule has 11 nitrogen and oxygen atoms in total. The van der Waals surface area contributed by atoms with Crippen LogP contribution in [-0.2, 0) is 23.9 Å². The van der Waals surface area contributed by atoms with Crippen molar-refractivity contribution in [2.45, 2.75) is 50.5 Å². The topological polar surface area (TPSA) is 112 Å². The molecule has 0 saturated carbocycles. The minimum atomic E-state index is -1.29. The highest BCUT2D eigenvalue weighted by Crippen LogP contribution is 2.66. The number of aliphatic hydroxyl groups excluding tert-OH is 1. The molecule has 1 spiro atoms. The van der Waals surface area contributed by atoms with Crippen LogP contribution in [0.5, 0.6) is 5.75 Å². The summed E-state index contributed by atoms with van der Waals surface area (Å²) in [5.41, 5.74) is -0.970. The van der Waals surface area contributed by atoms with Crippen molar-refractivity contribution >= 4 is 23.4 Å². The molecule has 3 amide bonds. The molecule has 7 atom stereocenters. The minimum absolute atomic E-state index is 0.151. The van der Waals surface area contributed by atoms with Crippen LogP contribution in [0.15, 0.2) is 79.9 Å². The number of fused-ring (bicyclic) bond motifs is 1. The van der Waals surface area contributed by atoms with Gasteiger partial charge in [-0.05, 0) is 56.0 Å². The van der Waals surface area contributed by atoms with Gasteiger partial charge in [0.2, 0.25) is 17.7 Å². The first-order chi connectivity index (χ1) is 24.6. The van der Waals surface area contributed by atoms with Gasteiger partial charge in [0.25, 0.3) is 0 Å². The number of morpholine rings is 1. The Morgan fingerprint density at radius 2 is 1.75 bits per heavy atom. The molecule has 0 aliphatic carbocycles. The lowest BCUT2D eigenvalue weighted by atomic mass is 9.62. The normalized spacial score (nSPS) is 29.0. The lowest BCUT2D eigenvalue weighted by molar-refractivity contribution is -0.155. The summed E-state index contributed by atoms with van der Waals surface area (Å²) < 4.78 is 18.3. The standard InChI is InChI=1S/C40H52N4O7/c1-6-18-42(21-20-41-22-24-49-25-23-41)38(48)35-40-26-28(4)39(5,51-40)33(34(40)37(47)44(35)32(27-45)29-12-10-9-11-13-29)36(46)43(19-7-2)30-14-16-31(17-15-30)50-8-3/h6-7,9-17,28,32-35,45H,1-2,8,18-27H2,3-5H3/t28?,32-,33-,34+,35?,39+,40?/m1/s1. The van der Waals surface area contributed by atoms with Crippen LogP contribution in [0, 0.1) is 17.8 Å². The number of hydrogen-bond acceptors (Lipinski definition) is 8. The molecule has 4 fully saturated rings. The zero-order chi connectivity index (χ0) is 36.3. The third kappa shape index (κ3) is 6.50.